The van der Waals surface area contributed by atoms with Gasteiger partial charge in [0.05, 0.1) is 11.6 Å². The number of aromatic hydroxyl groups is 1. The zero-order valence-corrected chi connectivity index (χ0v) is 20.0. The number of rotatable bonds is 7. The first-order valence-electron chi connectivity index (χ1n) is 11.4. The average Bonchev–Trinajstić information content (AvgIpc) is 2.79. The minimum Gasteiger partial charge on any atom is -0.508 e. The van der Waals surface area contributed by atoms with Crippen molar-refractivity contribution in [3.63, 3.8) is 0 Å². The zero-order chi connectivity index (χ0) is 27.4. The van der Waals surface area contributed by atoms with Crippen LogP contribution in [0.15, 0.2) is 29.0 Å². The van der Waals surface area contributed by atoms with E-state index in [1.165, 1.54) is 25.1 Å². The summed E-state index contributed by atoms with van der Waals surface area (Å²) in [5.74, 6) is -8.42. The average molecular weight is 517 g/mol. The summed E-state index contributed by atoms with van der Waals surface area (Å²) >= 11 is 0. The van der Waals surface area contributed by atoms with Crippen LogP contribution in [0, 0.1) is 11.8 Å². The van der Waals surface area contributed by atoms with Crippen LogP contribution in [0.2, 0.25) is 0 Å². The van der Waals surface area contributed by atoms with E-state index in [2.05, 4.69) is 5.48 Å². The lowest BCUT2D eigenvalue weighted by Crippen LogP contribution is -2.65. The number of phenols is 1. The van der Waals surface area contributed by atoms with Crippen LogP contribution in [0.1, 0.15) is 23.1 Å². The molecule has 1 saturated carbocycles. The van der Waals surface area contributed by atoms with E-state index in [1.54, 1.807) is 6.07 Å². The molecular formula is C24H27N3O10. The minimum atomic E-state index is -2.70. The topological polar surface area (TPSA) is 220 Å². The fourth-order valence-electron chi connectivity index (χ4n) is 5.72. The van der Waals surface area contributed by atoms with E-state index in [-0.39, 0.29) is 36.3 Å². The van der Waals surface area contributed by atoms with Crippen LogP contribution >= 0.6 is 0 Å². The van der Waals surface area contributed by atoms with Gasteiger partial charge in [0.2, 0.25) is 5.78 Å². The number of hydrogen-bond acceptors (Lipinski definition) is 11. The maximum atomic E-state index is 13.7. The van der Waals surface area contributed by atoms with Gasteiger partial charge in [-0.3, -0.25) is 24.1 Å². The number of hydroxylamine groups is 1. The molecule has 13 heteroatoms. The molecule has 0 bridgehead atoms. The molecule has 1 aromatic carbocycles. The molecule has 0 radical (unpaired) electrons. The smallest absolute Gasteiger partial charge is 0.331 e. The van der Waals surface area contributed by atoms with Crippen LogP contribution < -0.4 is 11.2 Å². The van der Waals surface area contributed by atoms with Gasteiger partial charge in [-0.05, 0) is 50.0 Å². The van der Waals surface area contributed by atoms with Gasteiger partial charge in [0.1, 0.15) is 22.8 Å². The van der Waals surface area contributed by atoms with Gasteiger partial charge in [0, 0.05) is 18.0 Å². The lowest BCUT2D eigenvalue weighted by Gasteiger charge is -2.50. The zero-order valence-electron chi connectivity index (χ0n) is 20.0. The van der Waals surface area contributed by atoms with Crippen LogP contribution in [0.3, 0.4) is 0 Å². The number of aliphatic carboxylic acids is 1. The van der Waals surface area contributed by atoms with Crippen molar-refractivity contribution in [2.75, 3.05) is 20.7 Å². The molecule has 4 rings (SSSR count). The molecule has 1 aromatic rings. The van der Waals surface area contributed by atoms with Crippen molar-refractivity contribution in [3.05, 3.63) is 45.7 Å². The van der Waals surface area contributed by atoms with E-state index < -0.39 is 70.6 Å². The number of ketones is 2. The standard InChI is InChI=1S/C24H27N3O10/c1-27(2)18-12-6-10-5-11-9(7-26-37-8-14(29)30)3-4-13(28)16(11)19(31)15(10)21(33)24(12,36)22(34)17(20(18)32)23(25)35/h3-4,10,12,18,26,28,31,34,36H,5-8H2,1-2H3,(H2,25,35)(H,29,30)/t10?,12?,18-,24-/m0/s1. The predicted molar refractivity (Wildman–Crippen MR) is 125 cm³/mol. The molecule has 0 spiro atoms. The molecule has 0 aromatic heterocycles. The predicted octanol–water partition coefficient (Wildman–Crippen LogP) is -0.930. The molecule has 2 unspecified atom stereocenters. The molecular weight excluding hydrogens is 490 g/mol. The molecule has 13 nitrogen and oxygen atoms in total. The molecule has 1 fully saturated rings. The number of aliphatic hydroxyl groups is 3. The fourth-order valence-corrected chi connectivity index (χ4v) is 5.72. The first-order chi connectivity index (χ1) is 17.3. The number of primary amides is 1. The molecule has 0 aliphatic heterocycles. The lowest BCUT2D eigenvalue weighted by molar-refractivity contribution is -0.153. The van der Waals surface area contributed by atoms with Crippen LogP contribution in [0.25, 0.3) is 5.76 Å². The molecule has 4 atom stereocenters. The summed E-state index contributed by atoms with van der Waals surface area (Å²) in [7, 11) is 3.04. The third-order valence-electron chi connectivity index (χ3n) is 7.26. The summed E-state index contributed by atoms with van der Waals surface area (Å²) in [6.45, 7) is -0.589. The number of hydrogen-bond donors (Lipinski definition) is 7. The number of carbonyl (C=O) groups excluding carboxylic acids is 3. The Hall–Kier alpha value is -3.78. The van der Waals surface area contributed by atoms with E-state index in [1.807, 2.05) is 0 Å². The Bertz CT molecular complexity index is 1280. The number of Topliss-reactive ketones (excluding diaryl/α,β-unsaturated/α-hetero) is 2. The highest BCUT2D eigenvalue weighted by atomic mass is 16.7. The first kappa shape index (κ1) is 26.3. The second-order valence-electron chi connectivity index (χ2n) is 9.56. The van der Waals surface area contributed by atoms with Crippen molar-refractivity contribution < 1.29 is 49.5 Å². The normalized spacial score (nSPS) is 27.2. The van der Waals surface area contributed by atoms with Crippen molar-refractivity contribution in [2.45, 2.75) is 31.0 Å². The third kappa shape index (κ3) is 3.96. The van der Waals surface area contributed by atoms with Gasteiger partial charge in [-0.2, -0.15) is 5.48 Å². The molecule has 0 heterocycles. The number of carboxylic acids is 1. The van der Waals surface area contributed by atoms with Crippen LogP contribution in [-0.2, 0) is 37.0 Å². The number of nitrogens with two attached hydrogens (primary N) is 1. The number of benzene rings is 1. The van der Waals surface area contributed by atoms with Crippen LogP contribution in [0.4, 0.5) is 0 Å². The van der Waals surface area contributed by atoms with Gasteiger partial charge >= 0.3 is 5.97 Å². The molecule has 8 N–H and O–H groups in total. The van der Waals surface area contributed by atoms with Crippen LogP contribution in [-0.4, -0.2) is 86.2 Å². The molecule has 198 valence electrons. The van der Waals surface area contributed by atoms with E-state index in [9.17, 15) is 39.6 Å². The van der Waals surface area contributed by atoms with E-state index >= 15 is 0 Å². The van der Waals surface area contributed by atoms with Crippen LogP contribution in [0.5, 0.6) is 5.75 Å². The SMILES string of the molecule is CN(C)[C@@H]1C(=O)C(C(N)=O)=C(O)[C@@]2(O)C(=O)C3=C(O)c4c(O)ccc(CNOCC(=O)O)c4CC3CC12. The van der Waals surface area contributed by atoms with Gasteiger partial charge in [0.25, 0.3) is 5.91 Å². The summed E-state index contributed by atoms with van der Waals surface area (Å²) in [6, 6.07) is 1.65. The monoisotopic (exact) mass is 517 g/mol. The number of phenolic OH excluding ortho intramolecular Hbond substituents is 1. The van der Waals surface area contributed by atoms with Gasteiger partial charge < -0.3 is 31.3 Å². The van der Waals surface area contributed by atoms with E-state index in [4.69, 9.17) is 15.7 Å². The maximum Gasteiger partial charge on any atom is 0.331 e. The third-order valence-corrected chi connectivity index (χ3v) is 7.26. The quantitative estimate of drug-likeness (QED) is 0.132. The highest BCUT2D eigenvalue weighted by Crippen LogP contribution is 2.52. The Balaban J connectivity index is 1.84. The maximum absolute atomic E-state index is 13.7. The number of amides is 1. The molecule has 1 amide bonds. The van der Waals surface area contributed by atoms with E-state index in [0.29, 0.717) is 11.1 Å². The highest BCUT2D eigenvalue weighted by molar-refractivity contribution is 6.24. The first-order valence-corrected chi connectivity index (χ1v) is 11.4. The Morgan fingerprint density at radius 3 is 2.49 bits per heavy atom. The van der Waals surface area contributed by atoms with Gasteiger partial charge in [-0.1, -0.05) is 6.07 Å². The summed E-state index contributed by atoms with van der Waals surface area (Å²) in [5.41, 5.74) is 4.90. The number of likely N-dealkylation sites (N-methyl/N-ethyl adjacent to an activating group) is 1. The number of carboxylic acid groups (broad SMARTS) is 1. The van der Waals surface area contributed by atoms with Crippen molar-refractivity contribution >= 4 is 29.2 Å². The summed E-state index contributed by atoms with van der Waals surface area (Å²) in [4.78, 5) is 55.8. The highest BCUT2D eigenvalue weighted by Gasteiger charge is 2.64. The van der Waals surface area contributed by atoms with Gasteiger partial charge in [-0.25, -0.2) is 4.79 Å². The number of aliphatic hydroxyl groups excluding tert-OH is 2. The summed E-state index contributed by atoms with van der Waals surface area (Å²) in [6.07, 6.45) is 0.0721. The molecule has 3 aliphatic carbocycles. The second kappa shape index (κ2) is 9.27. The number of fused-ring (bicyclic) bond motifs is 3. The number of nitrogens with zero attached hydrogens (tertiary/aromatic N) is 1. The summed E-state index contributed by atoms with van der Waals surface area (Å²) < 4.78 is 0. The Morgan fingerprint density at radius 1 is 1.22 bits per heavy atom. The van der Waals surface area contributed by atoms with Crippen molar-refractivity contribution in [3.8, 4) is 5.75 Å². The van der Waals surface area contributed by atoms with Crippen molar-refractivity contribution in [1.82, 2.24) is 10.4 Å². The molecule has 3 aliphatic rings. The summed E-state index contributed by atoms with van der Waals surface area (Å²) in [5, 5.41) is 52.8. The fraction of sp³-hybridized carbons (Fsp3) is 0.417. The minimum absolute atomic E-state index is 0.0108. The molecule has 37 heavy (non-hydrogen) atoms. The largest absolute Gasteiger partial charge is 0.508 e. The van der Waals surface area contributed by atoms with E-state index in [0.717, 1.165) is 0 Å². The second-order valence-corrected chi connectivity index (χ2v) is 9.56. The van der Waals surface area contributed by atoms with Gasteiger partial charge in [-0.15, -0.1) is 0 Å². The molecule has 0 saturated heterocycles. The van der Waals surface area contributed by atoms with Crippen molar-refractivity contribution in [1.29, 1.82) is 0 Å². The Kier molecular flexibility index (Phi) is 6.58. The van der Waals surface area contributed by atoms with Gasteiger partial charge in [0.15, 0.2) is 18.0 Å². The lowest BCUT2D eigenvalue weighted by atomic mass is 9.57. The Morgan fingerprint density at radius 2 is 1.89 bits per heavy atom. The Labute approximate surface area is 210 Å². The van der Waals surface area contributed by atoms with Crippen molar-refractivity contribution in [2.24, 2.45) is 17.6 Å². The number of carbonyl (C=O) groups is 4. The number of nitrogens with one attached hydrogen (secondary N) is 1.